The number of amides is 3. The maximum atomic E-state index is 11.5. The molecule has 0 unspecified atom stereocenters. The van der Waals surface area contributed by atoms with Crippen LogP contribution < -0.4 is 10.2 Å². The van der Waals surface area contributed by atoms with Crippen molar-refractivity contribution in [3.63, 3.8) is 0 Å². The summed E-state index contributed by atoms with van der Waals surface area (Å²) in [6.07, 6.45) is 2.32. The van der Waals surface area contributed by atoms with Gasteiger partial charge in [-0.05, 0) is 12.1 Å². The Morgan fingerprint density at radius 3 is 2.75 bits per heavy atom. The summed E-state index contributed by atoms with van der Waals surface area (Å²) < 4.78 is 0. The minimum atomic E-state index is -0.461. The summed E-state index contributed by atoms with van der Waals surface area (Å²) in [5.74, 6) is -0.279. The zero-order chi connectivity index (χ0) is 11.5. The third kappa shape index (κ3) is 1.90. The molecule has 0 saturated carbocycles. The number of rotatable bonds is 2. The lowest BCUT2D eigenvalue weighted by atomic mass is 10.2. The SMILES string of the molecule is O=Cc1ccc(N2CCC(=O)NC2=O)cn1. The summed E-state index contributed by atoms with van der Waals surface area (Å²) in [7, 11) is 0. The van der Waals surface area contributed by atoms with Crippen LogP contribution in [-0.2, 0) is 4.79 Å². The van der Waals surface area contributed by atoms with Gasteiger partial charge in [0.05, 0.1) is 11.9 Å². The minimum absolute atomic E-state index is 0.265. The van der Waals surface area contributed by atoms with Gasteiger partial charge in [0, 0.05) is 13.0 Å². The normalized spacial score (nSPS) is 15.9. The van der Waals surface area contributed by atoms with Crippen molar-refractivity contribution >= 4 is 23.9 Å². The fraction of sp³-hybridized carbons (Fsp3) is 0.200. The van der Waals surface area contributed by atoms with Crippen LogP contribution in [0.1, 0.15) is 16.9 Å². The molecule has 1 saturated heterocycles. The molecule has 16 heavy (non-hydrogen) atoms. The van der Waals surface area contributed by atoms with E-state index in [9.17, 15) is 14.4 Å². The van der Waals surface area contributed by atoms with Gasteiger partial charge in [0.25, 0.3) is 0 Å². The maximum absolute atomic E-state index is 11.5. The van der Waals surface area contributed by atoms with Crippen molar-refractivity contribution in [2.75, 3.05) is 11.4 Å². The quantitative estimate of drug-likeness (QED) is 0.727. The van der Waals surface area contributed by atoms with Gasteiger partial charge < -0.3 is 0 Å². The molecule has 6 heteroatoms. The van der Waals surface area contributed by atoms with Crippen molar-refractivity contribution in [2.24, 2.45) is 0 Å². The van der Waals surface area contributed by atoms with E-state index in [2.05, 4.69) is 10.3 Å². The number of hydrogen-bond donors (Lipinski definition) is 1. The fourth-order valence-corrected chi connectivity index (χ4v) is 1.44. The largest absolute Gasteiger partial charge is 0.328 e. The number of pyridine rings is 1. The first-order valence-electron chi connectivity index (χ1n) is 4.73. The van der Waals surface area contributed by atoms with Gasteiger partial charge in [-0.15, -0.1) is 0 Å². The Morgan fingerprint density at radius 2 is 2.19 bits per heavy atom. The molecular weight excluding hydrogens is 210 g/mol. The van der Waals surface area contributed by atoms with E-state index >= 15 is 0 Å². The van der Waals surface area contributed by atoms with Crippen molar-refractivity contribution in [2.45, 2.75) is 6.42 Å². The summed E-state index contributed by atoms with van der Waals surface area (Å²) in [5, 5.41) is 2.21. The molecule has 0 radical (unpaired) electrons. The fourth-order valence-electron chi connectivity index (χ4n) is 1.44. The van der Waals surface area contributed by atoms with E-state index < -0.39 is 6.03 Å². The second-order valence-corrected chi connectivity index (χ2v) is 3.31. The molecular formula is C10H9N3O3. The highest BCUT2D eigenvalue weighted by Crippen LogP contribution is 2.15. The second-order valence-electron chi connectivity index (χ2n) is 3.31. The Hall–Kier alpha value is -2.24. The monoisotopic (exact) mass is 219 g/mol. The minimum Gasteiger partial charge on any atom is -0.296 e. The standard InChI is InChI=1S/C10H9N3O3/c14-6-7-1-2-8(5-11-7)13-4-3-9(15)12-10(13)16/h1-2,5-6H,3-4H2,(H,12,15,16). The lowest BCUT2D eigenvalue weighted by Gasteiger charge is -2.26. The van der Waals surface area contributed by atoms with E-state index in [0.29, 0.717) is 24.2 Å². The van der Waals surface area contributed by atoms with Gasteiger partial charge in [-0.2, -0.15) is 0 Å². The van der Waals surface area contributed by atoms with Crippen LogP contribution in [0.2, 0.25) is 0 Å². The Labute approximate surface area is 91.3 Å². The molecule has 0 aromatic carbocycles. The predicted octanol–water partition coefficient (Wildman–Crippen LogP) is 0.340. The summed E-state index contributed by atoms with van der Waals surface area (Å²) in [6, 6.07) is 2.68. The van der Waals surface area contributed by atoms with Crippen LogP contribution in [0.3, 0.4) is 0 Å². The van der Waals surface area contributed by atoms with E-state index in [1.54, 1.807) is 6.07 Å². The summed E-state index contributed by atoms with van der Waals surface area (Å²) in [6.45, 7) is 0.326. The number of aromatic nitrogens is 1. The first-order chi connectivity index (χ1) is 7.70. The highest BCUT2D eigenvalue weighted by molar-refractivity contribution is 6.05. The highest BCUT2D eigenvalue weighted by atomic mass is 16.2. The Bertz CT molecular complexity index is 441. The molecule has 0 spiro atoms. The van der Waals surface area contributed by atoms with Crippen LogP contribution in [0, 0.1) is 0 Å². The first kappa shape index (κ1) is 10.3. The van der Waals surface area contributed by atoms with Crippen LogP contribution in [-0.4, -0.2) is 29.8 Å². The van der Waals surface area contributed by atoms with Crippen LogP contribution in [0.25, 0.3) is 0 Å². The van der Waals surface area contributed by atoms with Crippen molar-refractivity contribution < 1.29 is 14.4 Å². The van der Waals surface area contributed by atoms with Gasteiger partial charge in [0.1, 0.15) is 5.69 Å². The molecule has 82 valence electrons. The highest BCUT2D eigenvalue weighted by Gasteiger charge is 2.24. The average molecular weight is 219 g/mol. The van der Waals surface area contributed by atoms with Crippen molar-refractivity contribution in [3.8, 4) is 0 Å². The molecule has 1 fully saturated rings. The number of imide groups is 1. The lowest BCUT2D eigenvalue weighted by molar-refractivity contribution is -0.120. The average Bonchev–Trinajstić information content (AvgIpc) is 2.29. The predicted molar refractivity (Wildman–Crippen MR) is 55.1 cm³/mol. The first-order valence-corrected chi connectivity index (χ1v) is 4.73. The van der Waals surface area contributed by atoms with Gasteiger partial charge in [-0.25, -0.2) is 4.79 Å². The van der Waals surface area contributed by atoms with Crippen molar-refractivity contribution in [1.82, 2.24) is 10.3 Å². The van der Waals surface area contributed by atoms with Crippen LogP contribution >= 0.6 is 0 Å². The van der Waals surface area contributed by atoms with E-state index in [-0.39, 0.29) is 12.3 Å². The molecule has 2 rings (SSSR count). The molecule has 1 aliphatic rings. The van der Waals surface area contributed by atoms with Crippen LogP contribution in [0.5, 0.6) is 0 Å². The number of nitrogens with one attached hydrogen (secondary N) is 1. The second kappa shape index (κ2) is 4.09. The molecule has 0 atom stereocenters. The molecule has 0 bridgehead atoms. The molecule has 3 amide bonds. The Balaban J connectivity index is 2.20. The molecule has 0 aliphatic carbocycles. The molecule has 1 aromatic heterocycles. The molecule has 1 aromatic rings. The number of anilines is 1. The van der Waals surface area contributed by atoms with Gasteiger partial charge >= 0.3 is 6.03 Å². The molecule has 1 aliphatic heterocycles. The summed E-state index contributed by atoms with van der Waals surface area (Å²) >= 11 is 0. The molecule has 2 heterocycles. The smallest absolute Gasteiger partial charge is 0.296 e. The third-order valence-electron chi connectivity index (χ3n) is 2.26. The lowest BCUT2D eigenvalue weighted by Crippen LogP contribution is -2.49. The zero-order valence-corrected chi connectivity index (χ0v) is 8.34. The third-order valence-corrected chi connectivity index (χ3v) is 2.26. The number of aldehydes is 1. The maximum Gasteiger partial charge on any atom is 0.328 e. The molecule has 1 N–H and O–H groups in total. The number of nitrogens with zero attached hydrogens (tertiary/aromatic N) is 2. The van der Waals surface area contributed by atoms with Crippen LogP contribution in [0.15, 0.2) is 18.3 Å². The zero-order valence-electron chi connectivity index (χ0n) is 8.34. The Kier molecular flexibility index (Phi) is 2.63. The summed E-state index contributed by atoms with van der Waals surface area (Å²) in [5.41, 5.74) is 0.868. The van der Waals surface area contributed by atoms with Gasteiger partial charge in [0.2, 0.25) is 5.91 Å². The van der Waals surface area contributed by atoms with Crippen molar-refractivity contribution in [1.29, 1.82) is 0 Å². The summed E-state index contributed by atoms with van der Waals surface area (Å²) in [4.78, 5) is 38.0. The van der Waals surface area contributed by atoms with E-state index in [1.807, 2.05) is 0 Å². The van der Waals surface area contributed by atoms with E-state index in [1.165, 1.54) is 17.2 Å². The van der Waals surface area contributed by atoms with Gasteiger partial charge in [-0.1, -0.05) is 0 Å². The van der Waals surface area contributed by atoms with Crippen LogP contribution in [0.4, 0.5) is 10.5 Å². The Morgan fingerprint density at radius 1 is 1.38 bits per heavy atom. The van der Waals surface area contributed by atoms with E-state index in [0.717, 1.165) is 0 Å². The van der Waals surface area contributed by atoms with Gasteiger partial charge in [-0.3, -0.25) is 24.8 Å². The van der Waals surface area contributed by atoms with Crippen molar-refractivity contribution in [3.05, 3.63) is 24.0 Å². The van der Waals surface area contributed by atoms with E-state index in [4.69, 9.17) is 0 Å². The number of carbonyl (C=O) groups excluding carboxylic acids is 3. The molecule has 6 nitrogen and oxygen atoms in total. The number of urea groups is 1. The number of hydrogen-bond acceptors (Lipinski definition) is 4. The van der Waals surface area contributed by atoms with Gasteiger partial charge in [0.15, 0.2) is 6.29 Å². The number of carbonyl (C=O) groups is 3. The topological polar surface area (TPSA) is 79.4 Å².